The Kier molecular flexibility index (Phi) is 9.91. The van der Waals surface area contributed by atoms with Gasteiger partial charge in [-0.15, -0.1) is 0 Å². The normalized spacial score (nSPS) is 12.2. The number of rotatable bonds is 11. The molecule has 2 aromatic rings. The molecule has 2 aromatic carbocycles. The van der Waals surface area contributed by atoms with Gasteiger partial charge in [-0.2, -0.15) is 0 Å². The maximum Gasteiger partial charge on any atom is 0.244 e. The topological polar surface area (TPSA) is 86.8 Å². The minimum Gasteiger partial charge on any atom is -0.354 e. The van der Waals surface area contributed by atoms with Crippen LogP contribution in [0.25, 0.3) is 0 Å². The van der Waals surface area contributed by atoms with E-state index in [9.17, 15) is 18.0 Å². The molecule has 0 heterocycles. The number of halogens is 1. The first-order valence-electron chi connectivity index (χ1n) is 10.9. The third-order valence-electron chi connectivity index (χ3n) is 5.25. The molecule has 0 bridgehead atoms. The molecule has 0 spiro atoms. The second-order valence-corrected chi connectivity index (χ2v) is 10.9. The van der Waals surface area contributed by atoms with Gasteiger partial charge in [0, 0.05) is 17.6 Å². The highest BCUT2D eigenvalue weighted by molar-refractivity contribution is 9.10. The number of unbranched alkanes of at least 4 members (excludes halogenated alkanes) is 1. The number of aryl methyl sites for hydroxylation is 1. The van der Waals surface area contributed by atoms with E-state index in [0.717, 1.165) is 34.5 Å². The number of hydrogen-bond donors (Lipinski definition) is 1. The first kappa shape index (κ1) is 26.9. The lowest BCUT2D eigenvalue weighted by Gasteiger charge is -2.31. The maximum atomic E-state index is 13.4. The van der Waals surface area contributed by atoms with Gasteiger partial charge in [-0.25, -0.2) is 8.42 Å². The monoisotopic (exact) mass is 537 g/mol. The predicted octanol–water partition coefficient (Wildman–Crippen LogP) is 3.86. The summed E-state index contributed by atoms with van der Waals surface area (Å²) in [5.74, 6) is -0.726. The molecule has 33 heavy (non-hydrogen) atoms. The highest BCUT2D eigenvalue weighted by Crippen LogP contribution is 2.23. The highest BCUT2D eigenvalue weighted by atomic mass is 79.9. The van der Waals surface area contributed by atoms with E-state index < -0.39 is 28.5 Å². The molecule has 0 fully saturated rings. The minimum atomic E-state index is -3.74. The molecule has 180 valence electrons. The van der Waals surface area contributed by atoms with E-state index in [4.69, 9.17) is 0 Å². The quantitative estimate of drug-likeness (QED) is 0.441. The molecule has 1 atom stereocenters. The lowest BCUT2D eigenvalue weighted by atomic mass is 10.1. The van der Waals surface area contributed by atoms with E-state index in [1.165, 1.54) is 4.90 Å². The molecule has 0 aliphatic rings. The largest absolute Gasteiger partial charge is 0.354 e. The van der Waals surface area contributed by atoms with E-state index in [-0.39, 0.29) is 12.5 Å². The summed E-state index contributed by atoms with van der Waals surface area (Å²) in [7, 11) is -3.74. The smallest absolute Gasteiger partial charge is 0.244 e. The number of carbonyl (C=O) groups is 2. The minimum absolute atomic E-state index is 0.192. The van der Waals surface area contributed by atoms with Crippen molar-refractivity contribution >= 4 is 43.5 Å². The van der Waals surface area contributed by atoms with Gasteiger partial charge in [0.15, 0.2) is 0 Å². The summed E-state index contributed by atoms with van der Waals surface area (Å²) in [6.45, 7) is 5.98. The van der Waals surface area contributed by atoms with Crippen molar-refractivity contribution in [3.63, 3.8) is 0 Å². The van der Waals surface area contributed by atoms with Gasteiger partial charge in [0.2, 0.25) is 21.8 Å². The van der Waals surface area contributed by atoms with Crippen molar-refractivity contribution in [3.05, 3.63) is 64.1 Å². The van der Waals surface area contributed by atoms with E-state index in [1.807, 2.05) is 38.1 Å². The van der Waals surface area contributed by atoms with Gasteiger partial charge in [-0.1, -0.05) is 65.2 Å². The summed E-state index contributed by atoms with van der Waals surface area (Å²) in [6, 6.07) is 13.7. The second kappa shape index (κ2) is 12.2. The average molecular weight is 539 g/mol. The average Bonchev–Trinajstić information content (AvgIpc) is 2.75. The van der Waals surface area contributed by atoms with Gasteiger partial charge in [-0.05, 0) is 44.0 Å². The number of amides is 2. The van der Waals surface area contributed by atoms with E-state index >= 15 is 0 Å². The Hall–Kier alpha value is -2.39. The zero-order chi connectivity index (χ0) is 24.6. The number of benzene rings is 2. The van der Waals surface area contributed by atoms with Crippen LogP contribution in [0.3, 0.4) is 0 Å². The van der Waals surface area contributed by atoms with Crippen LogP contribution >= 0.6 is 15.9 Å². The molecule has 0 saturated heterocycles. The molecule has 2 amide bonds. The molecule has 0 saturated carbocycles. The van der Waals surface area contributed by atoms with Gasteiger partial charge in [0.1, 0.15) is 12.6 Å². The molecule has 1 N–H and O–H groups in total. The van der Waals surface area contributed by atoms with Gasteiger partial charge in [0.05, 0.1) is 11.9 Å². The van der Waals surface area contributed by atoms with Crippen LogP contribution in [-0.4, -0.2) is 50.5 Å². The van der Waals surface area contributed by atoms with Crippen LogP contribution in [0.5, 0.6) is 0 Å². The molecule has 9 heteroatoms. The summed E-state index contributed by atoms with van der Waals surface area (Å²) in [5, 5.41) is 2.87. The molecular formula is C24H32BrN3O4S. The Morgan fingerprint density at radius 1 is 1.12 bits per heavy atom. The Morgan fingerprint density at radius 2 is 1.79 bits per heavy atom. The second-order valence-electron chi connectivity index (χ2n) is 8.08. The van der Waals surface area contributed by atoms with E-state index in [2.05, 4.69) is 21.2 Å². The summed E-state index contributed by atoms with van der Waals surface area (Å²) >= 11 is 3.34. The lowest BCUT2D eigenvalue weighted by molar-refractivity contribution is -0.139. The third kappa shape index (κ3) is 8.16. The summed E-state index contributed by atoms with van der Waals surface area (Å²) < 4.78 is 26.8. The lowest BCUT2D eigenvalue weighted by Crippen LogP contribution is -2.51. The predicted molar refractivity (Wildman–Crippen MR) is 135 cm³/mol. The fourth-order valence-corrected chi connectivity index (χ4v) is 4.48. The van der Waals surface area contributed by atoms with Crippen molar-refractivity contribution in [1.82, 2.24) is 10.2 Å². The van der Waals surface area contributed by atoms with Crippen molar-refractivity contribution in [1.29, 1.82) is 0 Å². The van der Waals surface area contributed by atoms with Gasteiger partial charge in [-0.3, -0.25) is 13.9 Å². The zero-order valence-corrected chi connectivity index (χ0v) is 21.9. The number of nitrogens with one attached hydrogen (secondary N) is 1. The van der Waals surface area contributed by atoms with E-state index in [0.29, 0.717) is 16.7 Å². The number of hydrogen-bond acceptors (Lipinski definition) is 4. The van der Waals surface area contributed by atoms with Crippen LogP contribution in [0.15, 0.2) is 53.0 Å². The molecule has 0 aliphatic heterocycles. The number of carbonyl (C=O) groups excluding carboxylic acids is 2. The Labute approximate surface area is 205 Å². The number of anilines is 1. The Bertz CT molecular complexity index is 1060. The first-order valence-corrected chi connectivity index (χ1v) is 13.5. The van der Waals surface area contributed by atoms with Crippen LogP contribution < -0.4 is 9.62 Å². The van der Waals surface area contributed by atoms with Crippen LogP contribution in [0.4, 0.5) is 5.69 Å². The molecule has 2 rings (SSSR count). The first-order chi connectivity index (χ1) is 15.5. The van der Waals surface area contributed by atoms with E-state index in [1.54, 1.807) is 31.2 Å². The van der Waals surface area contributed by atoms with Crippen LogP contribution in [0.1, 0.15) is 37.8 Å². The number of nitrogens with zero attached hydrogens (tertiary/aromatic N) is 2. The fraction of sp³-hybridized carbons (Fsp3) is 0.417. The van der Waals surface area contributed by atoms with Crippen molar-refractivity contribution in [2.75, 3.05) is 23.7 Å². The van der Waals surface area contributed by atoms with Crippen LogP contribution in [-0.2, 0) is 26.2 Å². The fourth-order valence-electron chi connectivity index (χ4n) is 3.25. The third-order valence-corrected chi connectivity index (χ3v) is 6.88. The SMILES string of the molecule is CCCCNC(=O)[C@@H](C)N(Cc1ccc(C)cc1)C(=O)CN(c1cccc(Br)c1)S(C)(=O)=O. The molecule has 7 nitrogen and oxygen atoms in total. The molecule has 0 radical (unpaired) electrons. The van der Waals surface area contributed by atoms with Gasteiger partial charge in [0.25, 0.3) is 0 Å². The molecular weight excluding hydrogens is 506 g/mol. The van der Waals surface area contributed by atoms with Crippen LogP contribution in [0.2, 0.25) is 0 Å². The molecule has 0 aromatic heterocycles. The van der Waals surface area contributed by atoms with Crippen molar-refractivity contribution in [2.24, 2.45) is 0 Å². The molecule has 0 aliphatic carbocycles. The Balaban J connectivity index is 2.33. The Morgan fingerprint density at radius 3 is 2.36 bits per heavy atom. The van der Waals surface area contributed by atoms with Crippen molar-refractivity contribution < 1.29 is 18.0 Å². The summed E-state index contributed by atoms with van der Waals surface area (Å²) in [4.78, 5) is 27.6. The maximum absolute atomic E-state index is 13.4. The van der Waals surface area contributed by atoms with Gasteiger partial charge >= 0.3 is 0 Å². The van der Waals surface area contributed by atoms with Gasteiger partial charge < -0.3 is 10.2 Å². The van der Waals surface area contributed by atoms with Crippen molar-refractivity contribution in [2.45, 2.75) is 46.2 Å². The highest BCUT2D eigenvalue weighted by Gasteiger charge is 2.30. The zero-order valence-electron chi connectivity index (χ0n) is 19.5. The molecule has 0 unspecified atom stereocenters. The summed E-state index contributed by atoms with van der Waals surface area (Å²) in [5.41, 5.74) is 2.31. The summed E-state index contributed by atoms with van der Waals surface area (Å²) in [6.07, 6.45) is 2.85. The number of sulfonamides is 1. The standard InChI is InChI=1S/C24H32BrN3O4S/c1-5-6-14-26-24(30)19(3)27(16-20-12-10-18(2)11-13-20)23(29)17-28(33(4,31)32)22-9-7-8-21(25)15-22/h7-13,15,19H,5-6,14,16-17H2,1-4H3,(H,26,30)/t19-/m1/s1. The van der Waals surface area contributed by atoms with Crippen molar-refractivity contribution in [3.8, 4) is 0 Å². The van der Waals surface area contributed by atoms with Crippen LogP contribution in [0, 0.1) is 6.92 Å².